The van der Waals surface area contributed by atoms with Gasteiger partial charge in [-0.2, -0.15) is 0 Å². The Morgan fingerprint density at radius 3 is 1.35 bits per heavy atom. The third-order valence-electron chi connectivity index (χ3n) is 9.78. The maximum Gasteiger partial charge on any atom is 0.188 e. The van der Waals surface area contributed by atoms with Crippen molar-refractivity contribution in [3.63, 3.8) is 0 Å². The van der Waals surface area contributed by atoms with E-state index in [1.54, 1.807) is 0 Å². The van der Waals surface area contributed by atoms with Crippen LogP contribution in [0.1, 0.15) is 0 Å². The lowest BCUT2D eigenvalue weighted by Crippen LogP contribution is -2.00. The Balaban J connectivity index is 1.13. The molecule has 0 aliphatic carbocycles. The van der Waals surface area contributed by atoms with Gasteiger partial charge >= 0.3 is 0 Å². The van der Waals surface area contributed by atoms with Crippen molar-refractivity contribution >= 4 is 49.3 Å². The van der Waals surface area contributed by atoms with E-state index in [1.165, 1.54) is 10.8 Å². The van der Waals surface area contributed by atoms with Crippen molar-refractivity contribution in [3.05, 3.63) is 181 Å². The maximum atomic E-state index is 7.78. The van der Waals surface area contributed by atoms with Gasteiger partial charge in [-0.15, -0.1) is 0 Å². The van der Waals surface area contributed by atoms with E-state index in [0.717, 1.165) is 60.9 Å². The molecule has 52 heavy (non-hydrogen) atoms. The van der Waals surface area contributed by atoms with Crippen LogP contribution in [0.25, 0.3) is 94.0 Å². The molecular formula is C46H28N6. The molecule has 0 bridgehead atoms. The molecule has 0 N–H and O–H groups in total. The van der Waals surface area contributed by atoms with Crippen molar-refractivity contribution in [2.45, 2.75) is 0 Å². The molecule has 0 saturated carbocycles. The van der Waals surface area contributed by atoms with E-state index in [9.17, 15) is 0 Å². The number of rotatable bonds is 5. The number of benzene rings is 7. The van der Waals surface area contributed by atoms with Gasteiger partial charge in [0.05, 0.1) is 28.6 Å². The fraction of sp³-hybridized carbons (Fsp3) is 0. The summed E-state index contributed by atoms with van der Waals surface area (Å²) < 4.78 is 4.61. The second-order valence-electron chi connectivity index (χ2n) is 12.8. The van der Waals surface area contributed by atoms with E-state index < -0.39 is 0 Å². The van der Waals surface area contributed by atoms with Gasteiger partial charge in [-0.1, -0.05) is 103 Å². The van der Waals surface area contributed by atoms with Crippen LogP contribution in [0.15, 0.2) is 170 Å². The SMILES string of the molecule is [C-]#[N+]c1ccc2c(c1)c1cc(-n3c4ccccc4c4ccccc43)ccc1n2-c1ccc(-c2nc(-c3ccccc3)nc(-c3ccccc3)n2)cc1. The minimum Gasteiger partial charge on any atom is -0.309 e. The summed E-state index contributed by atoms with van der Waals surface area (Å²) in [5.41, 5.74) is 9.87. The molecular weight excluding hydrogens is 637 g/mol. The molecule has 0 aliphatic rings. The van der Waals surface area contributed by atoms with Crippen LogP contribution in [-0.2, 0) is 0 Å². The van der Waals surface area contributed by atoms with Crippen LogP contribution in [0.3, 0.4) is 0 Å². The van der Waals surface area contributed by atoms with E-state index in [0.29, 0.717) is 23.2 Å². The molecule has 3 aromatic heterocycles. The lowest BCUT2D eigenvalue weighted by Gasteiger charge is -2.11. The second kappa shape index (κ2) is 11.9. The van der Waals surface area contributed by atoms with Gasteiger partial charge < -0.3 is 9.13 Å². The normalized spacial score (nSPS) is 11.4. The van der Waals surface area contributed by atoms with E-state index >= 15 is 0 Å². The average Bonchev–Trinajstić information content (AvgIpc) is 3.73. The molecule has 10 aromatic rings. The molecule has 0 saturated heterocycles. The van der Waals surface area contributed by atoms with Crippen molar-refractivity contribution in [1.29, 1.82) is 0 Å². The lowest BCUT2D eigenvalue weighted by atomic mass is 10.1. The monoisotopic (exact) mass is 664 g/mol. The van der Waals surface area contributed by atoms with Crippen LogP contribution in [-0.4, -0.2) is 24.1 Å². The van der Waals surface area contributed by atoms with E-state index in [4.69, 9.17) is 21.5 Å². The fourth-order valence-electron chi connectivity index (χ4n) is 7.38. The largest absolute Gasteiger partial charge is 0.309 e. The average molecular weight is 665 g/mol. The van der Waals surface area contributed by atoms with Crippen LogP contribution in [0.4, 0.5) is 5.69 Å². The van der Waals surface area contributed by atoms with Crippen LogP contribution in [0, 0.1) is 6.57 Å². The summed E-state index contributed by atoms with van der Waals surface area (Å²) in [4.78, 5) is 18.5. The third-order valence-corrected chi connectivity index (χ3v) is 9.78. The summed E-state index contributed by atoms with van der Waals surface area (Å²) in [6.45, 7) is 7.78. The van der Waals surface area contributed by atoms with Crippen molar-refractivity contribution in [2.75, 3.05) is 0 Å². The van der Waals surface area contributed by atoms with Gasteiger partial charge in [0, 0.05) is 44.2 Å². The second-order valence-corrected chi connectivity index (χ2v) is 12.8. The minimum atomic E-state index is 0.610. The summed E-state index contributed by atoms with van der Waals surface area (Å²) in [5, 5.41) is 4.57. The predicted octanol–water partition coefficient (Wildman–Crippen LogP) is 11.6. The Kier molecular flexibility index (Phi) is 6.76. The minimum absolute atomic E-state index is 0.610. The zero-order valence-corrected chi connectivity index (χ0v) is 27.8. The van der Waals surface area contributed by atoms with Gasteiger partial charge in [-0.3, -0.25) is 0 Å². The summed E-state index contributed by atoms with van der Waals surface area (Å²) in [6, 6.07) is 58.1. The number of fused-ring (bicyclic) bond motifs is 6. The molecule has 0 fully saturated rings. The highest BCUT2D eigenvalue weighted by Crippen LogP contribution is 2.38. The number of para-hydroxylation sites is 2. The molecule has 0 aliphatic heterocycles. The summed E-state index contributed by atoms with van der Waals surface area (Å²) in [6.07, 6.45) is 0. The smallest absolute Gasteiger partial charge is 0.188 e. The molecule has 6 nitrogen and oxygen atoms in total. The fourth-order valence-corrected chi connectivity index (χ4v) is 7.38. The van der Waals surface area contributed by atoms with Gasteiger partial charge in [-0.25, -0.2) is 19.8 Å². The molecule has 0 atom stereocenters. The molecule has 0 radical (unpaired) electrons. The van der Waals surface area contributed by atoms with Crippen molar-refractivity contribution in [2.24, 2.45) is 0 Å². The van der Waals surface area contributed by atoms with E-state index in [1.807, 2.05) is 72.8 Å². The van der Waals surface area contributed by atoms with Crippen LogP contribution in [0.5, 0.6) is 0 Å². The summed E-state index contributed by atoms with van der Waals surface area (Å²) >= 11 is 0. The van der Waals surface area contributed by atoms with Crippen molar-refractivity contribution in [3.8, 4) is 45.5 Å². The zero-order valence-electron chi connectivity index (χ0n) is 27.8. The standard InChI is InChI=1S/C46H28N6/c1-47-33-22-26-42-38(28-33)39-29-35(52-40-18-10-8-16-36(40)37-17-9-11-19-41(37)52)25-27-43(39)51(42)34-23-20-32(21-24-34)46-49-44(30-12-4-2-5-13-30)48-45(50-46)31-14-6-3-7-15-31/h2-29H. The van der Waals surface area contributed by atoms with Crippen LogP contribution >= 0.6 is 0 Å². The lowest BCUT2D eigenvalue weighted by molar-refractivity contribution is 1.07. The van der Waals surface area contributed by atoms with Gasteiger partial charge in [-0.05, 0) is 72.1 Å². The molecule has 0 amide bonds. The first-order valence-corrected chi connectivity index (χ1v) is 17.2. The molecule has 242 valence electrons. The van der Waals surface area contributed by atoms with E-state index in [-0.39, 0.29) is 0 Å². The molecule has 6 heteroatoms. The summed E-state index contributed by atoms with van der Waals surface area (Å²) in [7, 11) is 0. The van der Waals surface area contributed by atoms with Crippen molar-refractivity contribution in [1.82, 2.24) is 24.1 Å². The number of aromatic nitrogens is 5. The Labute approximate surface area is 299 Å². The third kappa shape index (κ3) is 4.76. The first-order valence-electron chi connectivity index (χ1n) is 17.2. The highest BCUT2D eigenvalue weighted by Gasteiger charge is 2.18. The number of hydrogen-bond acceptors (Lipinski definition) is 3. The molecule has 7 aromatic carbocycles. The predicted molar refractivity (Wildman–Crippen MR) is 211 cm³/mol. The molecule has 0 unspecified atom stereocenters. The summed E-state index contributed by atoms with van der Waals surface area (Å²) in [5.74, 6) is 1.87. The maximum absolute atomic E-state index is 7.78. The Hall–Kier alpha value is -7.36. The molecule has 10 rings (SSSR count). The van der Waals surface area contributed by atoms with Crippen LogP contribution < -0.4 is 0 Å². The molecule has 0 spiro atoms. The topological polar surface area (TPSA) is 52.9 Å². The number of nitrogens with zero attached hydrogens (tertiary/aromatic N) is 6. The van der Waals surface area contributed by atoms with Gasteiger partial charge in [0.1, 0.15) is 0 Å². The first kappa shape index (κ1) is 29.5. The van der Waals surface area contributed by atoms with Gasteiger partial charge in [0.15, 0.2) is 23.2 Å². The van der Waals surface area contributed by atoms with E-state index in [2.05, 4.69) is 111 Å². The highest BCUT2D eigenvalue weighted by molar-refractivity contribution is 6.12. The van der Waals surface area contributed by atoms with Gasteiger partial charge in [0.25, 0.3) is 0 Å². The Morgan fingerprint density at radius 2 is 0.788 bits per heavy atom. The zero-order chi connectivity index (χ0) is 34.6. The quantitative estimate of drug-likeness (QED) is 0.172. The Bertz CT molecular complexity index is 2890. The Morgan fingerprint density at radius 1 is 0.365 bits per heavy atom. The number of hydrogen-bond donors (Lipinski definition) is 0. The van der Waals surface area contributed by atoms with Crippen molar-refractivity contribution < 1.29 is 0 Å². The molecule has 3 heterocycles. The highest BCUT2D eigenvalue weighted by atomic mass is 15.0. The first-order chi connectivity index (χ1) is 25.7. The van der Waals surface area contributed by atoms with Gasteiger partial charge in [0.2, 0.25) is 0 Å². The van der Waals surface area contributed by atoms with Crippen LogP contribution in [0.2, 0.25) is 0 Å².